The molecule has 0 saturated carbocycles. The van der Waals surface area contributed by atoms with E-state index in [9.17, 15) is 9.59 Å². The maximum Gasteiger partial charge on any atom is 0.376 e. The molecule has 7 nitrogen and oxygen atoms in total. The fraction of sp³-hybridized carbons (Fsp3) is 0.583. The molecular weight excluding hydrogens is 254 g/mol. The summed E-state index contributed by atoms with van der Waals surface area (Å²) >= 11 is 0. The van der Waals surface area contributed by atoms with Gasteiger partial charge >= 0.3 is 11.9 Å². The number of hydrogen-bond acceptors (Lipinski definition) is 7. The van der Waals surface area contributed by atoms with Crippen LogP contribution in [0.1, 0.15) is 52.3 Å². The van der Waals surface area contributed by atoms with E-state index in [1.165, 1.54) is 14.2 Å². The summed E-state index contributed by atoms with van der Waals surface area (Å²) < 4.78 is 19.9. The Balaban J connectivity index is 2.33. The fourth-order valence-corrected chi connectivity index (χ4v) is 1.88. The summed E-state index contributed by atoms with van der Waals surface area (Å²) in [5.41, 5.74) is -0.182. The van der Waals surface area contributed by atoms with Gasteiger partial charge in [0.05, 0.1) is 14.2 Å². The Bertz CT molecular complexity index is 441. The SMILES string of the molecule is COC(=O)c1nc(C2CCCCO2)oc1C(=O)OC. The van der Waals surface area contributed by atoms with E-state index in [1.807, 2.05) is 0 Å². The normalized spacial score (nSPS) is 18.9. The molecule has 1 aromatic heterocycles. The molecule has 1 aliphatic heterocycles. The number of carbonyl (C=O) groups excluding carboxylic acids is 2. The van der Waals surface area contributed by atoms with Crippen LogP contribution in [0.5, 0.6) is 0 Å². The van der Waals surface area contributed by atoms with Crippen molar-refractivity contribution in [2.75, 3.05) is 20.8 Å². The van der Waals surface area contributed by atoms with Gasteiger partial charge in [0.1, 0.15) is 6.10 Å². The highest BCUT2D eigenvalue weighted by Gasteiger charge is 2.30. The average molecular weight is 269 g/mol. The lowest BCUT2D eigenvalue weighted by molar-refractivity contribution is -0.00246. The summed E-state index contributed by atoms with van der Waals surface area (Å²) in [5.74, 6) is -1.56. The first-order valence-corrected chi connectivity index (χ1v) is 5.96. The van der Waals surface area contributed by atoms with E-state index in [4.69, 9.17) is 9.15 Å². The van der Waals surface area contributed by atoms with Gasteiger partial charge < -0.3 is 18.6 Å². The number of aromatic nitrogens is 1. The monoisotopic (exact) mass is 269 g/mol. The van der Waals surface area contributed by atoms with Crippen molar-refractivity contribution in [2.24, 2.45) is 0 Å². The van der Waals surface area contributed by atoms with Crippen LogP contribution in [-0.4, -0.2) is 37.7 Å². The Hall–Kier alpha value is -1.89. The molecule has 1 unspecified atom stereocenters. The van der Waals surface area contributed by atoms with Gasteiger partial charge in [0.25, 0.3) is 0 Å². The van der Waals surface area contributed by atoms with Crippen molar-refractivity contribution in [1.29, 1.82) is 0 Å². The second-order valence-electron chi connectivity index (χ2n) is 4.07. The molecule has 0 aromatic carbocycles. The maximum absolute atomic E-state index is 11.6. The molecule has 1 saturated heterocycles. The van der Waals surface area contributed by atoms with Crippen molar-refractivity contribution in [2.45, 2.75) is 25.4 Å². The molecule has 0 spiro atoms. The molecule has 1 aromatic rings. The first-order valence-electron chi connectivity index (χ1n) is 5.96. The predicted octanol–water partition coefficient (Wildman–Crippen LogP) is 1.49. The molecule has 1 fully saturated rings. The number of ether oxygens (including phenoxy) is 3. The van der Waals surface area contributed by atoms with Crippen molar-refractivity contribution in [3.05, 3.63) is 17.3 Å². The molecule has 0 aliphatic carbocycles. The smallest absolute Gasteiger partial charge is 0.376 e. The van der Waals surface area contributed by atoms with Gasteiger partial charge in [0, 0.05) is 6.61 Å². The quantitative estimate of drug-likeness (QED) is 0.768. The van der Waals surface area contributed by atoms with Crippen LogP contribution in [0.4, 0.5) is 0 Å². The van der Waals surface area contributed by atoms with Gasteiger partial charge in [0.15, 0.2) is 0 Å². The first-order chi connectivity index (χ1) is 9.17. The third-order valence-electron chi connectivity index (χ3n) is 2.85. The minimum atomic E-state index is -0.769. The minimum Gasteiger partial charge on any atom is -0.464 e. The Kier molecular flexibility index (Phi) is 4.16. The van der Waals surface area contributed by atoms with E-state index in [1.54, 1.807) is 0 Å². The summed E-state index contributed by atoms with van der Waals surface area (Å²) in [6.07, 6.45) is 2.36. The Labute approximate surface area is 109 Å². The zero-order valence-electron chi connectivity index (χ0n) is 10.8. The highest BCUT2D eigenvalue weighted by molar-refractivity contribution is 5.99. The Morgan fingerprint density at radius 3 is 2.53 bits per heavy atom. The van der Waals surface area contributed by atoms with Gasteiger partial charge in [0.2, 0.25) is 17.3 Å². The van der Waals surface area contributed by atoms with Crippen LogP contribution >= 0.6 is 0 Å². The lowest BCUT2D eigenvalue weighted by Crippen LogP contribution is -2.12. The van der Waals surface area contributed by atoms with E-state index < -0.39 is 11.9 Å². The Morgan fingerprint density at radius 1 is 1.21 bits per heavy atom. The van der Waals surface area contributed by atoms with Crippen LogP contribution in [0, 0.1) is 0 Å². The molecule has 0 bridgehead atoms. The highest BCUT2D eigenvalue weighted by Crippen LogP contribution is 2.29. The summed E-state index contributed by atoms with van der Waals surface area (Å²) in [5, 5.41) is 0. The van der Waals surface area contributed by atoms with Crippen molar-refractivity contribution in [1.82, 2.24) is 4.98 Å². The summed E-state index contributed by atoms with van der Waals surface area (Å²) in [6, 6.07) is 0. The standard InChI is InChI=1S/C12H15NO6/c1-16-11(14)8-9(12(15)17-2)19-10(13-8)7-5-3-4-6-18-7/h7H,3-6H2,1-2H3. The molecule has 0 radical (unpaired) electrons. The summed E-state index contributed by atoms with van der Waals surface area (Å²) in [4.78, 5) is 27.1. The molecule has 0 N–H and O–H groups in total. The van der Waals surface area contributed by atoms with Crippen molar-refractivity contribution >= 4 is 11.9 Å². The van der Waals surface area contributed by atoms with Crippen LogP contribution in [0.2, 0.25) is 0 Å². The highest BCUT2D eigenvalue weighted by atomic mass is 16.5. The van der Waals surface area contributed by atoms with Gasteiger partial charge in [-0.1, -0.05) is 0 Å². The number of methoxy groups -OCH3 is 2. The second-order valence-corrected chi connectivity index (χ2v) is 4.07. The van der Waals surface area contributed by atoms with Gasteiger partial charge in [-0.05, 0) is 19.3 Å². The van der Waals surface area contributed by atoms with E-state index >= 15 is 0 Å². The van der Waals surface area contributed by atoms with Crippen LogP contribution in [0.3, 0.4) is 0 Å². The lowest BCUT2D eigenvalue weighted by atomic mass is 10.1. The Morgan fingerprint density at radius 2 is 1.95 bits per heavy atom. The number of carbonyl (C=O) groups is 2. The molecule has 0 amide bonds. The van der Waals surface area contributed by atoms with Crippen LogP contribution in [-0.2, 0) is 14.2 Å². The van der Waals surface area contributed by atoms with Gasteiger partial charge in [-0.3, -0.25) is 0 Å². The zero-order valence-corrected chi connectivity index (χ0v) is 10.8. The number of rotatable bonds is 3. The van der Waals surface area contributed by atoms with Gasteiger partial charge in [-0.25, -0.2) is 14.6 Å². The second kappa shape index (κ2) is 5.83. The molecule has 1 atom stereocenters. The molecule has 2 rings (SSSR count). The van der Waals surface area contributed by atoms with E-state index in [0.717, 1.165) is 19.3 Å². The molecule has 1 aliphatic rings. The summed E-state index contributed by atoms with van der Waals surface area (Å²) in [7, 11) is 2.40. The molecule has 104 valence electrons. The van der Waals surface area contributed by atoms with Crippen molar-refractivity contribution in [3.8, 4) is 0 Å². The lowest BCUT2D eigenvalue weighted by Gasteiger charge is -2.19. The van der Waals surface area contributed by atoms with Crippen molar-refractivity contribution in [3.63, 3.8) is 0 Å². The molecule has 19 heavy (non-hydrogen) atoms. The third-order valence-corrected chi connectivity index (χ3v) is 2.85. The average Bonchev–Trinajstić information content (AvgIpc) is 2.91. The number of oxazole rings is 1. The van der Waals surface area contributed by atoms with E-state index in [2.05, 4.69) is 14.5 Å². The maximum atomic E-state index is 11.6. The third kappa shape index (κ3) is 2.76. The topological polar surface area (TPSA) is 87.9 Å². The van der Waals surface area contributed by atoms with Gasteiger partial charge in [-0.2, -0.15) is 0 Å². The number of nitrogens with zero attached hydrogens (tertiary/aromatic N) is 1. The summed E-state index contributed by atoms with van der Waals surface area (Å²) in [6.45, 7) is 0.605. The van der Waals surface area contributed by atoms with Crippen LogP contribution in [0.15, 0.2) is 4.42 Å². The number of esters is 2. The number of hydrogen-bond donors (Lipinski definition) is 0. The predicted molar refractivity (Wildman–Crippen MR) is 61.7 cm³/mol. The molecule has 7 heteroatoms. The molecular formula is C12H15NO6. The molecule has 2 heterocycles. The van der Waals surface area contributed by atoms with Crippen LogP contribution < -0.4 is 0 Å². The fourth-order valence-electron chi connectivity index (χ4n) is 1.88. The largest absolute Gasteiger partial charge is 0.464 e. The van der Waals surface area contributed by atoms with Crippen LogP contribution in [0.25, 0.3) is 0 Å². The van der Waals surface area contributed by atoms with Gasteiger partial charge in [-0.15, -0.1) is 0 Å². The van der Waals surface area contributed by atoms with E-state index in [-0.39, 0.29) is 23.4 Å². The van der Waals surface area contributed by atoms with Crippen molar-refractivity contribution < 1.29 is 28.2 Å². The van der Waals surface area contributed by atoms with E-state index in [0.29, 0.717) is 6.61 Å². The zero-order chi connectivity index (χ0) is 13.8. The minimum absolute atomic E-state index is 0.182. The first kappa shape index (κ1) is 13.5.